The Morgan fingerprint density at radius 2 is 2.22 bits per heavy atom. The molecule has 1 aromatic rings. The van der Waals surface area contributed by atoms with Crippen molar-refractivity contribution in [2.75, 3.05) is 18.4 Å². The van der Waals surface area contributed by atoms with Gasteiger partial charge in [-0.05, 0) is 50.5 Å². The molecule has 0 unspecified atom stereocenters. The van der Waals surface area contributed by atoms with Crippen LogP contribution in [-0.4, -0.2) is 34.3 Å². The average Bonchev–Trinajstić information content (AvgIpc) is 2.32. The summed E-state index contributed by atoms with van der Waals surface area (Å²) in [5, 5.41) is 13.6. The van der Waals surface area contributed by atoms with Crippen molar-refractivity contribution in [3.63, 3.8) is 0 Å². The van der Waals surface area contributed by atoms with Crippen LogP contribution in [0.25, 0.3) is 0 Å². The Labute approximate surface area is 114 Å². The van der Waals surface area contributed by atoms with Crippen LogP contribution >= 0.6 is 12.2 Å². The highest BCUT2D eigenvalue weighted by Crippen LogP contribution is 2.18. The number of likely N-dealkylation sites (tertiary alicyclic amines) is 1. The number of β-amino-alcohol motifs (C(OH)–C–C–N with tert-alkyl or cyclic N) is 1. The summed E-state index contributed by atoms with van der Waals surface area (Å²) in [4.78, 5) is 2.04. The predicted molar refractivity (Wildman–Crippen MR) is 79.0 cm³/mol. The Morgan fingerprint density at radius 3 is 2.89 bits per heavy atom. The van der Waals surface area contributed by atoms with E-state index >= 15 is 0 Å². The molecule has 1 heterocycles. The number of thiocarbonyl (C=S) groups is 1. The maximum Gasteiger partial charge on any atom is 0.173 e. The number of nitrogens with one attached hydrogen (secondary N) is 1. The summed E-state index contributed by atoms with van der Waals surface area (Å²) in [5.41, 5.74) is 3.48. The maximum atomic E-state index is 9.66. The number of aryl methyl sites for hydroxylation is 2. The van der Waals surface area contributed by atoms with E-state index in [1.807, 2.05) is 4.90 Å². The third-order valence-electron chi connectivity index (χ3n) is 3.31. The fraction of sp³-hybridized carbons (Fsp3) is 0.500. The van der Waals surface area contributed by atoms with E-state index in [4.69, 9.17) is 12.2 Å². The summed E-state index contributed by atoms with van der Waals surface area (Å²) in [6, 6.07) is 6.26. The molecule has 4 heteroatoms. The van der Waals surface area contributed by atoms with Crippen molar-refractivity contribution in [1.82, 2.24) is 4.90 Å². The van der Waals surface area contributed by atoms with E-state index < -0.39 is 0 Å². The highest BCUT2D eigenvalue weighted by molar-refractivity contribution is 7.80. The lowest BCUT2D eigenvalue weighted by molar-refractivity contribution is 0.104. The van der Waals surface area contributed by atoms with Crippen LogP contribution < -0.4 is 5.32 Å². The van der Waals surface area contributed by atoms with Crippen molar-refractivity contribution < 1.29 is 5.11 Å². The molecule has 2 rings (SSSR count). The molecule has 18 heavy (non-hydrogen) atoms. The van der Waals surface area contributed by atoms with Crippen molar-refractivity contribution >= 4 is 23.0 Å². The van der Waals surface area contributed by atoms with Gasteiger partial charge in [-0.1, -0.05) is 17.7 Å². The molecule has 2 N–H and O–H groups in total. The number of rotatable bonds is 1. The van der Waals surface area contributed by atoms with Gasteiger partial charge in [-0.25, -0.2) is 0 Å². The highest BCUT2D eigenvalue weighted by Gasteiger charge is 2.19. The molecule has 1 saturated heterocycles. The number of aliphatic hydroxyl groups is 1. The largest absolute Gasteiger partial charge is 0.391 e. The van der Waals surface area contributed by atoms with Gasteiger partial charge < -0.3 is 15.3 Å². The molecular weight excluding hydrogens is 244 g/mol. The Morgan fingerprint density at radius 1 is 1.44 bits per heavy atom. The van der Waals surface area contributed by atoms with Gasteiger partial charge in [0.1, 0.15) is 0 Å². The minimum Gasteiger partial charge on any atom is -0.391 e. The number of piperidine rings is 1. The van der Waals surface area contributed by atoms with E-state index in [1.165, 1.54) is 11.1 Å². The van der Waals surface area contributed by atoms with Crippen LogP contribution in [0.4, 0.5) is 5.69 Å². The molecule has 3 nitrogen and oxygen atoms in total. The second-order valence-corrected chi connectivity index (χ2v) is 5.38. The SMILES string of the molecule is Cc1ccc(NC(=S)N2CCC[C@H](O)C2)c(C)c1. The lowest BCUT2D eigenvalue weighted by Crippen LogP contribution is -2.44. The van der Waals surface area contributed by atoms with Gasteiger partial charge >= 0.3 is 0 Å². The molecule has 1 aliphatic heterocycles. The minimum atomic E-state index is -0.252. The molecule has 1 aromatic carbocycles. The van der Waals surface area contributed by atoms with E-state index in [9.17, 15) is 5.11 Å². The number of hydrogen-bond acceptors (Lipinski definition) is 2. The van der Waals surface area contributed by atoms with Gasteiger partial charge in [-0.15, -0.1) is 0 Å². The van der Waals surface area contributed by atoms with Gasteiger partial charge in [0.2, 0.25) is 0 Å². The average molecular weight is 264 g/mol. The lowest BCUT2D eigenvalue weighted by Gasteiger charge is -2.32. The lowest BCUT2D eigenvalue weighted by atomic mass is 10.1. The summed E-state index contributed by atoms with van der Waals surface area (Å²) in [7, 11) is 0. The third kappa shape index (κ3) is 3.21. The van der Waals surface area contributed by atoms with Crippen LogP contribution in [0.2, 0.25) is 0 Å². The predicted octanol–water partition coefficient (Wildman–Crippen LogP) is 2.46. The summed E-state index contributed by atoms with van der Waals surface area (Å²) in [6.07, 6.45) is 1.62. The normalized spacial score (nSPS) is 19.7. The van der Waals surface area contributed by atoms with Crippen LogP contribution in [0, 0.1) is 13.8 Å². The molecule has 98 valence electrons. The summed E-state index contributed by atoms with van der Waals surface area (Å²) >= 11 is 5.41. The number of anilines is 1. The van der Waals surface area contributed by atoms with Crippen LogP contribution in [0.5, 0.6) is 0 Å². The van der Waals surface area contributed by atoms with Gasteiger partial charge in [0.25, 0.3) is 0 Å². The van der Waals surface area contributed by atoms with Gasteiger partial charge in [-0.2, -0.15) is 0 Å². The zero-order valence-corrected chi connectivity index (χ0v) is 11.8. The third-order valence-corrected chi connectivity index (χ3v) is 3.67. The first-order valence-electron chi connectivity index (χ1n) is 6.37. The Hall–Kier alpha value is -1.13. The van der Waals surface area contributed by atoms with Crippen molar-refractivity contribution in [1.29, 1.82) is 0 Å². The van der Waals surface area contributed by atoms with Crippen LogP contribution in [0.3, 0.4) is 0 Å². The minimum absolute atomic E-state index is 0.252. The van der Waals surface area contributed by atoms with Gasteiger partial charge in [0.05, 0.1) is 6.10 Å². The number of benzene rings is 1. The summed E-state index contributed by atoms with van der Waals surface area (Å²) in [5.74, 6) is 0. The molecular formula is C14H20N2OS. The first kappa shape index (κ1) is 13.3. The van der Waals surface area contributed by atoms with E-state index in [0.29, 0.717) is 11.7 Å². The van der Waals surface area contributed by atoms with E-state index in [0.717, 1.165) is 25.1 Å². The standard InChI is InChI=1S/C14H20N2OS/c1-10-5-6-13(11(2)8-10)15-14(18)16-7-3-4-12(17)9-16/h5-6,8,12,17H,3-4,7,9H2,1-2H3,(H,15,18)/t12-/m0/s1. The second-order valence-electron chi connectivity index (χ2n) is 4.99. The van der Waals surface area contributed by atoms with Crippen molar-refractivity contribution in [2.45, 2.75) is 32.8 Å². The molecule has 0 spiro atoms. The number of hydrogen-bond donors (Lipinski definition) is 2. The molecule has 0 aliphatic carbocycles. The zero-order valence-electron chi connectivity index (χ0n) is 10.9. The van der Waals surface area contributed by atoms with Gasteiger partial charge in [0, 0.05) is 18.8 Å². The molecule has 0 bridgehead atoms. The zero-order chi connectivity index (χ0) is 13.1. The maximum absolute atomic E-state index is 9.66. The molecule has 0 saturated carbocycles. The first-order chi connectivity index (χ1) is 8.56. The number of nitrogens with zero attached hydrogens (tertiary/aromatic N) is 1. The second kappa shape index (κ2) is 5.67. The van der Waals surface area contributed by atoms with Crippen LogP contribution in [0.15, 0.2) is 18.2 Å². The van der Waals surface area contributed by atoms with Crippen molar-refractivity contribution in [3.8, 4) is 0 Å². The monoisotopic (exact) mass is 264 g/mol. The van der Waals surface area contributed by atoms with E-state index in [-0.39, 0.29) is 6.10 Å². The molecule has 0 radical (unpaired) electrons. The topological polar surface area (TPSA) is 35.5 Å². The molecule has 0 amide bonds. The molecule has 0 aromatic heterocycles. The fourth-order valence-corrected chi connectivity index (χ4v) is 2.56. The van der Waals surface area contributed by atoms with Gasteiger partial charge in [-0.3, -0.25) is 0 Å². The van der Waals surface area contributed by atoms with Crippen molar-refractivity contribution in [3.05, 3.63) is 29.3 Å². The first-order valence-corrected chi connectivity index (χ1v) is 6.78. The molecule has 1 aliphatic rings. The molecule has 1 atom stereocenters. The summed E-state index contributed by atoms with van der Waals surface area (Å²) < 4.78 is 0. The highest BCUT2D eigenvalue weighted by atomic mass is 32.1. The Bertz CT molecular complexity index is 447. The van der Waals surface area contributed by atoms with Gasteiger partial charge in [0.15, 0.2) is 5.11 Å². The molecule has 1 fully saturated rings. The summed E-state index contributed by atoms with van der Waals surface area (Å²) in [6.45, 7) is 5.71. The quantitative estimate of drug-likeness (QED) is 0.764. The van der Waals surface area contributed by atoms with E-state index in [1.54, 1.807) is 0 Å². The number of aliphatic hydroxyl groups excluding tert-OH is 1. The van der Waals surface area contributed by atoms with E-state index in [2.05, 4.69) is 37.4 Å². The fourth-order valence-electron chi connectivity index (χ4n) is 2.29. The Kier molecular flexibility index (Phi) is 4.19. The van der Waals surface area contributed by atoms with Crippen LogP contribution in [0.1, 0.15) is 24.0 Å². The van der Waals surface area contributed by atoms with Crippen LogP contribution in [-0.2, 0) is 0 Å². The smallest absolute Gasteiger partial charge is 0.173 e. The van der Waals surface area contributed by atoms with Crippen molar-refractivity contribution in [2.24, 2.45) is 0 Å². The Balaban J connectivity index is 2.02.